The van der Waals surface area contributed by atoms with E-state index in [2.05, 4.69) is 36.1 Å². The fourth-order valence-corrected chi connectivity index (χ4v) is 4.52. The molecule has 1 atom stereocenters. The molecule has 1 aromatic rings. The van der Waals surface area contributed by atoms with Gasteiger partial charge in [0.2, 0.25) is 11.8 Å². The second-order valence-electron chi connectivity index (χ2n) is 8.27. The zero-order chi connectivity index (χ0) is 18.8. The van der Waals surface area contributed by atoms with Gasteiger partial charge in [-0.15, -0.1) is 0 Å². The molecule has 2 saturated heterocycles. The van der Waals surface area contributed by atoms with Gasteiger partial charge in [0.25, 0.3) is 0 Å². The summed E-state index contributed by atoms with van der Waals surface area (Å²) in [6.07, 6.45) is 5.90. The van der Waals surface area contributed by atoms with Crippen molar-refractivity contribution in [3.8, 4) is 0 Å². The van der Waals surface area contributed by atoms with Crippen LogP contribution < -0.4 is 4.90 Å². The number of aryl methyl sites for hydroxylation is 1. The molecule has 5 heteroatoms. The van der Waals surface area contributed by atoms with Gasteiger partial charge in [0.15, 0.2) is 0 Å². The van der Waals surface area contributed by atoms with Crippen molar-refractivity contribution in [1.82, 2.24) is 9.80 Å². The number of hydrogen-bond donors (Lipinski definition) is 0. The summed E-state index contributed by atoms with van der Waals surface area (Å²) in [6, 6.07) is 8.24. The maximum absolute atomic E-state index is 13.3. The molecular formula is C22H31N3O2. The minimum absolute atomic E-state index is 0.176. The van der Waals surface area contributed by atoms with Crippen molar-refractivity contribution in [2.24, 2.45) is 5.92 Å². The van der Waals surface area contributed by atoms with Gasteiger partial charge in [0.1, 0.15) is 6.04 Å². The van der Waals surface area contributed by atoms with Crippen molar-refractivity contribution in [3.05, 3.63) is 29.8 Å². The molecule has 4 rings (SSSR count). The first-order valence-corrected chi connectivity index (χ1v) is 10.5. The summed E-state index contributed by atoms with van der Waals surface area (Å²) in [4.78, 5) is 32.3. The summed E-state index contributed by atoms with van der Waals surface area (Å²) in [6.45, 7) is 6.28. The third kappa shape index (κ3) is 3.97. The van der Waals surface area contributed by atoms with Gasteiger partial charge in [-0.05, 0) is 57.1 Å². The summed E-state index contributed by atoms with van der Waals surface area (Å²) in [7, 11) is 0. The molecule has 2 heterocycles. The topological polar surface area (TPSA) is 43.9 Å². The van der Waals surface area contributed by atoms with E-state index in [4.69, 9.17) is 0 Å². The molecule has 0 aromatic heterocycles. The maximum Gasteiger partial charge on any atom is 0.245 e. The summed E-state index contributed by atoms with van der Waals surface area (Å²) >= 11 is 0. The standard InChI is InChI=1S/C22H31N3O2/c1-17-7-2-3-8-19(17)23-12-6-13-24(16-15-23)22(27)20-9-4-5-14-25(20)21(26)18-10-11-18/h2-3,7-8,18,20H,4-6,9-16H2,1H3/t20-/m1/s1. The van der Waals surface area contributed by atoms with Crippen LogP contribution in [0.15, 0.2) is 24.3 Å². The summed E-state index contributed by atoms with van der Waals surface area (Å²) < 4.78 is 0. The molecule has 0 radical (unpaired) electrons. The Morgan fingerprint density at radius 1 is 0.852 bits per heavy atom. The van der Waals surface area contributed by atoms with Gasteiger partial charge < -0.3 is 14.7 Å². The van der Waals surface area contributed by atoms with Crippen molar-refractivity contribution in [2.45, 2.75) is 51.5 Å². The van der Waals surface area contributed by atoms with Crippen molar-refractivity contribution in [2.75, 3.05) is 37.6 Å². The van der Waals surface area contributed by atoms with Gasteiger partial charge in [-0.3, -0.25) is 9.59 Å². The highest BCUT2D eigenvalue weighted by Gasteiger charge is 2.40. The lowest BCUT2D eigenvalue weighted by atomic mass is 10.00. The van der Waals surface area contributed by atoms with Gasteiger partial charge in [0, 0.05) is 44.3 Å². The van der Waals surface area contributed by atoms with E-state index in [-0.39, 0.29) is 23.8 Å². The Kier molecular flexibility index (Phi) is 5.37. The Bertz CT molecular complexity index is 701. The first-order valence-electron chi connectivity index (χ1n) is 10.5. The van der Waals surface area contributed by atoms with Gasteiger partial charge >= 0.3 is 0 Å². The van der Waals surface area contributed by atoms with Crippen LogP contribution in [0.5, 0.6) is 0 Å². The largest absolute Gasteiger partial charge is 0.369 e. The Labute approximate surface area is 162 Å². The molecule has 2 amide bonds. The minimum Gasteiger partial charge on any atom is -0.369 e. The lowest BCUT2D eigenvalue weighted by Gasteiger charge is -2.37. The van der Waals surface area contributed by atoms with Crippen LogP contribution in [0.4, 0.5) is 5.69 Å². The molecule has 0 bridgehead atoms. The molecule has 0 unspecified atom stereocenters. The van der Waals surface area contributed by atoms with Crippen LogP contribution in [0.3, 0.4) is 0 Å². The number of rotatable bonds is 3. The van der Waals surface area contributed by atoms with Crippen LogP contribution in [0.25, 0.3) is 0 Å². The van der Waals surface area contributed by atoms with E-state index >= 15 is 0 Å². The van der Waals surface area contributed by atoms with Gasteiger partial charge in [-0.1, -0.05) is 18.2 Å². The predicted octanol–water partition coefficient (Wildman–Crippen LogP) is 2.82. The second kappa shape index (κ2) is 7.91. The Morgan fingerprint density at radius 3 is 2.44 bits per heavy atom. The van der Waals surface area contributed by atoms with Crippen LogP contribution in [0.1, 0.15) is 44.1 Å². The van der Waals surface area contributed by atoms with E-state index in [1.165, 1.54) is 11.3 Å². The molecule has 1 saturated carbocycles. The Morgan fingerprint density at radius 2 is 1.67 bits per heavy atom. The Hall–Kier alpha value is -2.04. The summed E-state index contributed by atoms with van der Waals surface area (Å²) in [5.74, 6) is 0.596. The highest BCUT2D eigenvalue weighted by atomic mass is 16.2. The highest BCUT2D eigenvalue weighted by Crippen LogP contribution is 2.33. The predicted molar refractivity (Wildman–Crippen MR) is 107 cm³/mol. The van der Waals surface area contributed by atoms with E-state index in [1.807, 2.05) is 9.80 Å². The first kappa shape index (κ1) is 18.3. The van der Waals surface area contributed by atoms with Crippen molar-refractivity contribution in [1.29, 1.82) is 0 Å². The molecule has 2 aliphatic heterocycles. The molecule has 146 valence electrons. The number of carbonyl (C=O) groups excluding carboxylic acids is 2. The number of carbonyl (C=O) groups is 2. The lowest BCUT2D eigenvalue weighted by molar-refractivity contribution is -0.148. The van der Waals surface area contributed by atoms with E-state index in [1.54, 1.807) is 0 Å². The molecule has 27 heavy (non-hydrogen) atoms. The third-order valence-corrected chi connectivity index (χ3v) is 6.26. The molecule has 1 aliphatic carbocycles. The smallest absolute Gasteiger partial charge is 0.245 e. The number of nitrogens with zero attached hydrogens (tertiary/aromatic N) is 3. The zero-order valence-corrected chi connectivity index (χ0v) is 16.4. The van der Waals surface area contributed by atoms with Crippen LogP contribution in [0, 0.1) is 12.8 Å². The SMILES string of the molecule is Cc1ccccc1N1CCCN(C(=O)[C@H]2CCCCN2C(=O)C2CC2)CC1. The molecule has 5 nitrogen and oxygen atoms in total. The number of benzene rings is 1. The quantitative estimate of drug-likeness (QED) is 0.823. The number of hydrogen-bond acceptors (Lipinski definition) is 3. The molecule has 3 fully saturated rings. The van der Waals surface area contributed by atoms with E-state index in [0.29, 0.717) is 0 Å². The average Bonchev–Trinajstić information content (AvgIpc) is 3.54. The monoisotopic (exact) mass is 369 g/mol. The molecule has 3 aliphatic rings. The molecular weight excluding hydrogens is 338 g/mol. The normalized spacial score (nSPS) is 23.9. The van der Waals surface area contributed by atoms with Gasteiger partial charge in [-0.2, -0.15) is 0 Å². The third-order valence-electron chi connectivity index (χ3n) is 6.26. The number of likely N-dealkylation sites (tertiary alicyclic amines) is 1. The molecule has 0 N–H and O–H groups in total. The van der Waals surface area contributed by atoms with Crippen LogP contribution in [0.2, 0.25) is 0 Å². The highest BCUT2D eigenvalue weighted by molar-refractivity contribution is 5.89. The van der Waals surface area contributed by atoms with Crippen LogP contribution >= 0.6 is 0 Å². The van der Waals surface area contributed by atoms with Crippen molar-refractivity contribution < 1.29 is 9.59 Å². The lowest BCUT2D eigenvalue weighted by Crippen LogP contribution is -2.54. The molecule has 0 spiro atoms. The average molecular weight is 370 g/mol. The number of piperidine rings is 1. The number of anilines is 1. The zero-order valence-electron chi connectivity index (χ0n) is 16.4. The van der Waals surface area contributed by atoms with E-state index < -0.39 is 0 Å². The fourth-order valence-electron chi connectivity index (χ4n) is 4.52. The summed E-state index contributed by atoms with van der Waals surface area (Å²) in [5.41, 5.74) is 2.56. The van der Waals surface area contributed by atoms with Crippen LogP contribution in [-0.4, -0.2) is 60.4 Å². The second-order valence-corrected chi connectivity index (χ2v) is 8.27. The van der Waals surface area contributed by atoms with Gasteiger partial charge in [0.05, 0.1) is 0 Å². The fraction of sp³-hybridized carbons (Fsp3) is 0.636. The first-order chi connectivity index (χ1) is 13.1. The van der Waals surface area contributed by atoms with E-state index in [0.717, 1.165) is 71.2 Å². The molecule has 1 aromatic carbocycles. The van der Waals surface area contributed by atoms with Gasteiger partial charge in [-0.25, -0.2) is 0 Å². The number of para-hydroxylation sites is 1. The van der Waals surface area contributed by atoms with Crippen molar-refractivity contribution in [3.63, 3.8) is 0 Å². The van der Waals surface area contributed by atoms with Crippen LogP contribution in [-0.2, 0) is 9.59 Å². The number of amides is 2. The maximum atomic E-state index is 13.3. The van der Waals surface area contributed by atoms with Crippen molar-refractivity contribution >= 4 is 17.5 Å². The Balaban J connectivity index is 1.42. The summed E-state index contributed by atoms with van der Waals surface area (Å²) in [5, 5.41) is 0. The minimum atomic E-state index is -0.225. The van der Waals surface area contributed by atoms with E-state index in [9.17, 15) is 9.59 Å².